The van der Waals surface area contributed by atoms with E-state index in [2.05, 4.69) is 22.0 Å². The number of hydrogen-bond acceptors (Lipinski definition) is 1. The number of alkyl halides is 1. The third-order valence-corrected chi connectivity index (χ3v) is 3.78. The minimum Gasteiger partial charge on any atom is -0.192 e. The normalized spacial score (nSPS) is 10.1. The van der Waals surface area contributed by atoms with Crippen molar-refractivity contribution in [3.05, 3.63) is 57.6 Å². The van der Waals surface area contributed by atoms with Crippen molar-refractivity contribution in [2.24, 2.45) is 0 Å². The highest BCUT2D eigenvalue weighted by Gasteiger charge is 2.09. The van der Waals surface area contributed by atoms with Gasteiger partial charge in [0.15, 0.2) is 0 Å². The fourth-order valence-corrected chi connectivity index (χ4v) is 2.57. The first-order valence-electron chi connectivity index (χ1n) is 5.20. The Morgan fingerprint density at radius 1 is 1.06 bits per heavy atom. The van der Waals surface area contributed by atoms with Crippen molar-refractivity contribution < 1.29 is 0 Å². The second kappa shape index (κ2) is 5.75. The standard InChI is InChI=1S/C14H8BrCl2N/c15-7-9-1-3-12(10(5-9)8-18)13-4-2-11(16)6-14(13)17/h1-6H,7H2. The number of nitriles is 1. The van der Waals surface area contributed by atoms with Crippen LogP contribution in [0, 0.1) is 11.3 Å². The molecule has 18 heavy (non-hydrogen) atoms. The van der Waals surface area contributed by atoms with Gasteiger partial charge in [0.25, 0.3) is 0 Å². The molecule has 0 saturated carbocycles. The molecule has 90 valence electrons. The van der Waals surface area contributed by atoms with E-state index in [1.54, 1.807) is 12.1 Å². The molecule has 0 fully saturated rings. The molecule has 0 aliphatic heterocycles. The molecule has 1 nitrogen and oxygen atoms in total. The molecule has 0 atom stereocenters. The molecule has 2 aromatic rings. The van der Waals surface area contributed by atoms with Crippen LogP contribution in [0.2, 0.25) is 10.0 Å². The summed E-state index contributed by atoms with van der Waals surface area (Å²) in [5.41, 5.74) is 3.30. The van der Waals surface area contributed by atoms with Gasteiger partial charge >= 0.3 is 0 Å². The second-order valence-electron chi connectivity index (χ2n) is 3.75. The Morgan fingerprint density at radius 3 is 2.39 bits per heavy atom. The van der Waals surface area contributed by atoms with Crippen molar-refractivity contribution in [1.82, 2.24) is 0 Å². The minimum atomic E-state index is 0.547. The van der Waals surface area contributed by atoms with E-state index in [0.29, 0.717) is 15.6 Å². The van der Waals surface area contributed by atoms with E-state index in [9.17, 15) is 5.26 Å². The summed E-state index contributed by atoms with van der Waals surface area (Å²) in [5.74, 6) is 0. The molecule has 0 heterocycles. The fraction of sp³-hybridized carbons (Fsp3) is 0.0714. The van der Waals surface area contributed by atoms with Gasteiger partial charge in [-0.1, -0.05) is 57.3 Å². The lowest BCUT2D eigenvalue weighted by Gasteiger charge is -2.08. The molecule has 0 aliphatic rings. The van der Waals surface area contributed by atoms with Gasteiger partial charge < -0.3 is 0 Å². The molecule has 0 unspecified atom stereocenters. The van der Waals surface area contributed by atoms with Crippen LogP contribution in [-0.4, -0.2) is 0 Å². The van der Waals surface area contributed by atoms with E-state index in [1.165, 1.54) is 0 Å². The van der Waals surface area contributed by atoms with Gasteiger partial charge in [-0.15, -0.1) is 0 Å². The Labute approximate surface area is 124 Å². The van der Waals surface area contributed by atoms with Crippen LogP contribution in [0.15, 0.2) is 36.4 Å². The Hall–Kier alpha value is -1.01. The summed E-state index contributed by atoms with van der Waals surface area (Å²) in [5, 5.41) is 11.1. The van der Waals surface area contributed by atoms with Crippen LogP contribution >= 0.6 is 39.1 Å². The highest BCUT2D eigenvalue weighted by molar-refractivity contribution is 9.08. The monoisotopic (exact) mass is 339 g/mol. The third kappa shape index (κ3) is 2.70. The van der Waals surface area contributed by atoms with Crippen LogP contribution < -0.4 is 0 Å². The fourth-order valence-electron chi connectivity index (χ4n) is 1.71. The van der Waals surface area contributed by atoms with Gasteiger partial charge in [-0.05, 0) is 23.8 Å². The van der Waals surface area contributed by atoms with Crippen molar-refractivity contribution in [3.63, 3.8) is 0 Å². The van der Waals surface area contributed by atoms with Crippen LogP contribution in [0.1, 0.15) is 11.1 Å². The summed E-state index contributed by atoms with van der Waals surface area (Å²) >= 11 is 15.4. The quantitative estimate of drug-likeness (QED) is 0.669. The SMILES string of the molecule is N#Cc1cc(CBr)ccc1-c1ccc(Cl)cc1Cl. The van der Waals surface area contributed by atoms with Gasteiger partial charge in [0.1, 0.15) is 0 Å². The molecule has 2 aromatic carbocycles. The molecular weight excluding hydrogens is 333 g/mol. The molecule has 4 heteroatoms. The zero-order chi connectivity index (χ0) is 13.1. The van der Waals surface area contributed by atoms with Gasteiger partial charge in [0.2, 0.25) is 0 Å². The van der Waals surface area contributed by atoms with Gasteiger partial charge in [-0.3, -0.25) is 0 Å². The van der Waals surface area contributed by atoms with Crippen LogP contribution in [0.25, 0.3) is 11.1 Å². The lowest BCUT2D eigenvalue weighted by atomic mass is 9.98. The first-order valence-corrected chi connectivity index (χ1v) is 7.08. The maximum atomic E-state index is 9.21. The zero-order valence-electron chi connectivity index (χ0n) is 9.25. The van der Waals surface area contributed by atoms with Gasteiger partial charge in [0.05, 0.1) is 11.6 Å². The van der Waals surface area contributed by atoms with E-state index >= 15 is 0 Å². The minimum absolute atomic E-state index is 0.547. The maximum absolute atomic E-state index is 9.21. The molecule has 0 spiro atoms. The molecule has 0 amide bonds. The highest BCUT2D eigenvalue weighted by atomic mass is 79.9. The smallest absolute Gasteiger partial charge is 0.0998 e. The Kier molecular flexibility index (Phi) is 4.29. The summed E-state index contributed by atoms with van der Waals surface area (Å²) in [6, 6.07) is 13.2. The maximum Gasteiger partial charge on any atom is 0.0998 e. The van der Waals surface area contributed by atoms with Crippen molar-refractivity contribution in [3.8, 4) is 17.2 Å². The summed E-state index contributed by atoms with van der Waals surface area (Å²) in [4.78, 5) is 0. The van der Waals surface area contributed by atoms with Gasteiger partial charge in [-0.25, -0.2) is 0 Å². The average Bonchev–Trinajstić information content (AvgIpc) is 2.38. The predicted molar refractivity (Wildman–Crippen MR) is 79.2 cm³/mol. The second-order valence-corrected chi connectivity index (χ2v) is 5.15. The largest absolute Gasteiger partial charge is 0.192 e. The molecule has 2 rings (SSSR count). The number of rotatable bonds is 2. The predicted octanol–water partition coefficient (Wildman–Crippen LogP) is 5.43. The van der Waals surface area contributed by atoms with E-state index in [4.69, 9.17) is 23.2 Å². The number of halogens is 3. The van der Waals surface area contributed by atoms with Crippen LogP contribution in [0.3, 0.4) is 0 Å². The van der Waals surface area contributed by atoms with Gasteiger partial charge in [0, 0.05) is 26.5 Å². The zero-order valence-corrected chi connectivity index (χ0v) is 12.4. The van der Waals surface area contributed by atoms with Crippen LogP contribution in [0.5, 0.6) is 0 Å². The molecule has 0 aliphatic carbocycles. The highest BCUT2D eigenvalue weighted by Crippen LogP contribution is 2.32. The van der Waals surface area contributed by atoms with Crippen molar-refractivity contribution in [2.45, 2.75) is 5.33 Å². The first kappa shape index (κ1) is 13.4. The number of hydrogen-bond donors (Lipinski definition) is 0. The lowest BCUT2D eigenvalue weighted by Crippen LogP contribution is -1.88. The topological polar surface area (TPSA) is 23.8 Å². The van der Waals surface area contributed by atoms with Crippen molar-refractivity contribution >= 4 is 39.1 Å². The Morgan fingerprint density at radius 2 is 1.78 bits per heavy atom. The molecule has 0 bridgehead atoms. The van der Waals surface area contributed by atoms with E-state index in [0.717, 1.165) is 22.0 Å². The number of benzene rings is 2. The first-order chi connectivity index (χ1) is 8.65. The molecule has 0 aromatic heterocycles. The Bertz CT molecular complexity index is 632. The van der Waals surface area contributed by atoms with E-state index < -0.39 is 0 Å². The summed E-state index contributed by atoms with van der Waals surface area (Å²) in [6.07, 6.45) is 0. The lowest BCUT2D eigenvalue weighted by molar-refractivity contribution is 1.40. The summed E-state index contributed by atoms with van der Waals surface area (Å²) < 4.78 is 0. The summed E-state index contributed by atoms with van der Waals surface area (Å²) in [6.45, 7) is 0. The van der Waals surface area contributed by atoms with Crippen molar-refractivity contribution in [2.75, 3.05) is 0 Å². The Balaban J connectivity index is 2.60. The molecule has 0 saturated heterocycles. The van der Waals surface area contributed by atoms with Gasteiger partial charge in [-0.2, -0.15) is 5.26 Å². The molecular formula is C14H8BrCl2N. The summed E-state index contributed by atoms with van der Waals surface area (Å²) in [7, 11) is 0. The van der Waals surface area contributed by atoms with E-state index in [-0.39, 0.29) is 0 Å². The average molecular weight is 341 g/mol. The van der Waals surface area contributed by atoms with Crippen molar-refractivity contribution in [1.29, 1.82) is 5.26 Å². The third-order valence-electron chi connectivity index (χ3n) is 2.58. The number of nitrogens with zero attached hydrogens (tertiary/aromatic N) is 1. The molecule has 0 N–H and O–H groups in total. The van der Waals surface area contributed by atoms with Crippen LogP contribution in [-0.2, 0) is 5.33 Å². The van der Waals surface area contributed by atoms with E-state index in [1.807, 2.05) is 24.3 Å². The van der Waals surface area contributed by atoms with Crippen LogP contribution in [0.4, 0.5) is 0 Å². The molecule has 0 radical (unpaired) electrons.